The van der Waals surface area contributed by atoms with E-state index in [1.807, 2.05) is 51.1 Å². The number of aryl methyl sites for hydroxylation is 2. The maximum atomic E-state index is 5.85. The van der Waals surface area contributed by atoms with Gasteiger partial charge >= 0.3 is 0 Å². The van der Waals surface area contributed by atoms with Crippen LogP contribution >= 0.6 is 0 Å². The molecular weight excluding hydrogens is 252 g/mol. The molecule has 4 N–H and O–H groups in total. The van der Waals surface area contributed by atoms with Gasteiger partial charge in [-0.2, -0.15) is 0 Å². The van der Waals surface area contributed by atoms with E-state index in [9.17, 15) is 0 Å². The molecule has 0 aliphatic carbocycles. The van der Waals surface area contributed by atoms with Crippen molar-refractivity contribution in [2.45, 2.75) is 27.1 Å². The molecule has 0 heterocycles. The Hall–Kier alpha value is -2.36. The molecule has 2 rings (SSSR count). The van der Waals surface area contributed by atoms with Crippen LogP contribution in [0.1, 0.15) is 18.1 Å². The summed E-state index contributed by atoms with van der Waals surface area (Å²) >= 11 is 0. The summed E-state index contributed by atoms with van der Waals surface area (Å²) in [5.41, 5.74) is 15.1. The summed E-state index contributed by atoms with van der Waals surface area (Å²) in [6, 6.07) is 11.1. The van der Waals surface area contributed by atoms with E-state index in [4.69, 9.17) is 20.9 Å². The van der Waals surface area contributed by atoms with Crippen LogP contribution in [0.2, 0.25) is 0 Å². The number of hydrogen-bond donors (Lipinski definition) is 2. The molecule has 4 heteroatoms. The normalized spacial score (nSPS) is 11.9. The van der Waals surface area contributed by atoms with E-state index in [2.05, 4.69) is 0 Å². The van der Waals surface area contributed by atoms with Crippen LogP contribution in [-0.4, -0.2) is 6.29 Å². The quantitative estimate of drug-likeness (QED) is 0.662. The van der Waals surface area contributed by atoms with Crippen molar-refractivity contribution >= 4 is 11.4 Å². The molecule has 20 heavy (non-hydrogen) atoms. The minimum Gasteiger partial charge on any atom is -0.455 e. The molecule has 0 aliphatic rings. The highest BCUT2D eigenvalue weighted by Gasteiger charge is 2.07. The van der Waals surface area contributed by atoms with Gasteiger partial charge in [0.05, 0.1) is 0 Å². The zero-order valence-electron chi connectivity index (χ0n) is 12.0. The van der Waals surface area contributed by atoms with E-state index in [1.54, 1.807) is 6.07 Å². The second-order valence-corrected chi connectivity index (χ2v) is 4.84. The molecule has 0 spiro atoms. The Morgan fingerprint density at radius 1 is 0.800 bits per heavy atom. The number of benzene rings is 2. The lowest BCUT2D eigenvalue weighted by Gasteiger charge is -2.17. The average Bonchev–Trinajstić information content (AvgIpc) is 2.38. The van der Waals surface area contributed by atoms with Gasteiger partial charge in [-0.1, -0.05) is 6.07 Å². The number of rotatable bonds is 4. The molecule has 0 saturated heterocycles. The minimum absolute atomic E-state index is 0.417. The van der Waals surface area contributed by atoms with E-state index >= 15 is 0 Å². The molecule has 106 valence electrons. The van der Waals surface area contributed by atoms with Gasteiger partial charge in [0.25, 0.3) is 0 Å². The summed E-state index contributed by atoms with van der Waals surface area (Å²) in [4.78, 5) is 0. The van der Waals surface area contributed by atoms with Crippen LogP contribution < -0.4 is 20.9 Å². The topological polar surface area (TPSA) is 70.5 Å². The molecule has 4 nitrogen and oxygen atoms in total. The molecule has 0 aromatic heterocycles. The summed E-state index contributed by atoms with van der Waals surface area (Å²) in [5, 5.41) is 0. The predicted octanol–water partition coefficient (Wildman–Crippen LogP) is 3.27. The van der Waals surface area contributed by atoms with E-state index in [1.165, 1.54) is 0 Å². The second kappa shape index (κ2) is 5.74. The molecule has 0 aliphatic heterocycles. The largest absolute Gasteiger partial charge is 0.455 e. The van der Waals surface area contributed by atoms with Crippen LogP contribution in [0.15, 0.2) is 36.4 Å². The van der Waals surface area contributed by atoms with Crippen molar-refractivity contribution in [3.05, 3.63) is 47.5 Å². The van der Waals surface area contributed by atoms with Crippen molar-refractivity contribution in [2.75, 3.05) is 11.5 Å². The lowest BCUT2D eigenvalue weighted by atomic mass is 10.2. The predicted molar refractivity (Wildman–Crippen MR) is 81.9 cm³/mol. The first-order valence-corrected chi connectivity index (χ1v) is 6.51. The highest BCUT2D eigenvalue weighted by Crippen LogP contribution is 2.23. The van der Waals surface area contributed by atoms with Gasteiger partial charge in [-0.25, -0.2) is 0 Å². The molecular formula is C16H20N2O2. The Labute approximate surface area is 119 Å². The lowest BCUT2D eigenvalue weighted by molar-refractivity contribution is 0.0223. The summed E-state index contributed by atoms with van der Waals surface area (Å²) in [6.45, 7) is 5.73. The molecule has 2 aromatic carbocycles. The van der Waals surface area contributed by atoms with Crippen molar-refractivity contribution in [2.24, 2.45) is 0 Å². The third kappa shape index (κ3) is 3.35. The molecule has 0 amide bonds. The van der Waals surface area contributed by atoms with Crippen molar-refractivity contribution < 1.29 is 9.47 Å². The van der Waals surface area contributed by atoms with E-state index < -0.39 is 6.29 Å². The third-order valence-corrected chi connectivity index (χ3v) is 3.10. The van der Waals surface area contributed by atoms with Crippen LogP contribution in [0.3, 0.4) is 0 Å². The Kier molecular flexibility index (Phi) is 4.03. The van der Waals surface area contributed by atoms with Gasteiger partial charge in [0.15, 0.2) is 0 Å². The summed E-state index contributed by atoms with van der Waals surface area (Å²) in [7, 11) is 0. The maximum absolute atomic E-state index is 5.85. The van der Waals surface area contributed by atoms with Crippen LogP contribution in [0.5, 0.6) is 11.5 Å². The molecule has 0 radical (unpaired) electrons. The Morgan fingerprint density at radius 2 is 1.40 bits per heavy atom. The molecule has 0 bridgehead atoms. The fourth-order valence-corrected chi connectivity index (χ4v) is 1.82. The molecule has 1 atom stereocenters. The standard InChI is InChI=1S/C16H20N2O2/c1-10-4-5-14(9-16(10)18)20-12(3)19-13-6-7-15(17)11(2)8-13/h4-9,12H,17-18H2,1-3H3. The van der Waals surface area contributed by atoms with E-state index in [0.717, 1.165) is 22.6 Å². The SMILES string of the molecule is Cc1cc(OC(C)Oc2ccc(C)c(N)c2)ccc1N. The zero-order valence-corrected chi connectivity index (χ0v) is 12.0. The van der Waals surface area contributed by atoms with E-state index in [-0.39, 0.29) is 0 Å². The summed E-state index contributed by atoms with van der Waals surface area (Å²) in [6.07, 6.45) is -0.417. The minimum atomic E-state index is -0.417. The van der Waals surface area contributed by atoms with Crippen LogP contribution in [0, 0.1) is 13.8 Å². The number of ether oxygens (including phenoxy) is 2. The van der Waals surface area contributed by atoms with Gasteiger partial charge < -0.3 is 20.9 Å². The first kappa shape index (κ1) is 14.1. The Morgan fingerprint density at radius 3 is 2.00 bits per heavy atom. The van der Waals surface area contributed by atoms with E-state index in [0.29, 0.717) is 11.4 Å². The van der Waals surface area contributed by atoms with Gasteiger partial charge in [-0.15, -0.1) is 0 Å². The fraction of sp³-hybridized carbons (Fsp3) is 0.250. The molecule has 0 fully saturated rings. The first-order valence-electron chi connectivity index (χ1n) is 6.51. The number of nitrogens with two attached hydrogens (primary N) is 2. The summed E-state index contributed by atoms with van der Waals surface area (Å²) in [5.74, 6) is 1.41. The average molecular weight is 272 g/mol. The number of hydrogen-bond acceptors (Lipinski definition) is 4. The van der Waals surface area contributed by atoms with Crippen LogP contribution in [-0.2, 0) is 0 Å². The maximum Gasteiger partial charge on any atom is 0.238 e. The van der Waals surface area contributed by atoms with Gasteiger partial charge in [-0.3, -0.25) is 0 Å². The highest BCUT2D eigenvalue weighted by atomic mass is 16.7. The Bertz CT molecular complexity index is 558. The highest BCUT2D eigenvalue weighted by molar-refractivity contribution is 5.51. The molecule has 0 saturated carbocycles. The van der Waals surface area contributed by atoms with Gasteiger partial charge in [0.2, 0.25) is 6.29 Å². The van der Waals surface area contributed by atoms with Crippen molar-refractivity contribution in [1.82, 2.24) is 0 Å². The smallest absolute Gasteiger partial charge is 0.238 e. The first-order chi connectivity index (χ1) is 9.45. The van der Waals surface area contributed by atoms with Crippen LogP contribution in [0.4, 0.5) is 11.4 Å². The number of nitrogen functional groups attached to an aromatic ring is 2. The monoisotopic (exact) mass is 272 g/mol. The second-order valence-electron chi connectivity index (χ2n) is 4.84. The fourth-order valence-electron chi connectivity index (χ4n) is 1.82. The summed E-state index contributed by atoms with van der Waals surface area (Å²) < 4.78 is 11.4. The Balaban J connectivity index is 2.02. The van der Waals surface area contributed by atoms with Crippen molar-refractivity contribution in [1.29, 1.82) is 0 Å². The van der Waals surface area contributed by atoms with Gasteiger partial charge in [0.1, 0.15) is 11.5 Å². The van der Waals surface area contributed by atoms with Gasteiger partial charge in [0, 0.05) is 24.4 Å². The zero-order chi connectivity index (χ0) is 14.7. The molecule has 1 unspecified atom stereocenters. The van der Waals surface area contributed by atoms with Gasteiger partial charge in [-0.05, 0) is 49.2 Å². The lowest BCUT2D eigenvalue weighted by Crippen LogP contribution is -2.19. The van der Waals surface area contributed by atoms with Crippen molar-refractivity contribution in [3.63, 3.8) is 0 Å². The third-order valence-electron chi connectivity index (χ3n) is 3.10. The molecule has 2 aromatic rings. The van der Waals surface area contributed by atoms with Crippen LogP contribution in [0.25, 0.3) is 0 Å². The number of anilines is 2. The van der Waals surface area contributed by atoms with Crippen molar-refractivity contribution in [3.8, 4) is 11.5 Å².